The lowest BCUT2D eigenvalue weighted by molar-refractivity contribution is 0.0787. The average molecular weight is 305 g/mol. The lowest BCUT2D eigenvalue weighted by Crippen LogP contribution is -2.29. The predicted octanol–water partition coefficient (Wildman–Crippen LogP) is 1.62. The minimum Gasteiger partial charge on any atom is -0.398 e. The molecule has 17 heavy (non-hydrogen) atoms. The highest BCUT2D eigenvalue weighted by Gasteiger charge is 2.16. The lowest BCUT2D eigenvalue weighted by atomic mass is 10.1. The van der Waals surface area contributed by atoms with Gasteiger partial charge in [-0.3, -0.25) is 4.79 Å². The molecule has 94 valence electrons. The van der Waals surface area contributed by atoms with Gasteiger partial charge < -0.3 is 15.7 Å². The van der Waals surface area contributed by atoms with Crippen molar-refractivity contribution >= 4 is 27.5 Å². The van der Waals surface area contributed by atoms with Crippen LogP contribution in [-0.4, -0.2) is 36.1 Å². The molecule has 6 heteroatoms. The highest BCUT2D eigenvalue weighted by atomic mass is 79.9. The molecule has 3 N–H and O–H groups in total. The molecule has 0 spiro atoms. The molecule has 0 aliphatic heterocycles. The molecule has 0 radical (unpaired) electrons. The van der Waals surface area contributed by atoms with E-state index in [1.54, 1.807) is 7.05 Å². The first kappa shape index (κ1) is 13.9. The fourth-order valence-corrected chi connectivity index (χ4v) is 1.72. The Morgan fingerprint density at radius 3 is 2.82 bits per heavy atom. The summed E-state index contributed by atoms with van der Waals surface area (Å²) in [5.74, 6) is -0.888. The number of hydrogen-bond acceptors (Lipinski definition) is 3. The lowest BCUT2D eigenvalue weighted by Gasteiger charge is -2.17. The van der Waals surface area contributed by atoms with Gasteiger partial charge in [-0.15, -0.1) is 0 Å². The molecule has 0 aliphatic carbocycles. The van der Waals surface area contributed by atoms with E-state index in [4.69, 9.17) is 10.8 Å². The quantitative estimate of drug-likeness (QED) is 0.831. The molecule has 0 saturated heterocycles. The zero-order valence-electron chi connectivity index (χ0n) is 9.41. The van der Waals surface area contributed by atoms with Gasteiger partial charge in [-0.05, 0) is 34.5 Å². The van der Waals surface area contributed by atoms with Gasteiger partial charge in [-0.1, -0.05) is 0 Å². The van der Waals surface area contributed by atoms with Crippen molar-refractivity contribution in [3.63, 3.8) is 0 Å². The van der Waals surface area contributed by atoms with Gasteiger partial charge >= 0.3 is 0 Å². The maximum absolute atomic E-state index is 13.3. The van der Waals surface area contributed by atoms with E-state index in [0.717, 1.165) is 6.07 Å². The Labute approximate surface area is 107 Å². The number of benzene rings is 1. The van der Waals surface area contributed by atoms with Crippen LogP contribution in [0.1, 0.15) is 16.8 Å². The first-order chi connectivity index (χ1) is 7.97. The monoisotopic (exact) mass is 304 g/mol. The first-order valence-electron chi connectivity index (χ1n) is 5.08. The number of carbonyl (C=O) groups is 1. The fraction of sp³-hybridized carbons (Fsp3) is 0.364. The van der Waals surface area contributed by atoms with Gasteiger partial charge in [0.15, 0.2) is 0 Å². The summed E-state index contributed by atoms with van der Waals surface area (Å²) in [6.07, 6.45) is 0.473. The van der Waals surface area contributed by atoms with Crippen molar-refractivity contribution < 1.29 is 14.3 Å². The van der Waals surface area contributed by atoms with Crippen LogP contribution in [0.5, 0.6) is 0 Å². The van der Waals surface area contributed by atoms with Crippen LogP contribution in [0.15, 0.2) is 16.6 Å². The van der Waals surface area contributed by atoms with Gasteiger partial charge in [-0.2, -0.15) is 0 Å². The number of nitrogens with two attached hydrogens (primary N) is 1. The summed E-state index contributed by atoms with van der Waals surface area (Å²) >= 11 is 3.00. The molecular weight excluding hydrogens is 291 g/mol. The van der Waals surface area contributed by atoms with E-state index in [2.05, 4.69) is 15.9 Å². The third kappa shape index (κ3) is 3.41. The van der Waals surface area contributed by atoms with Crippen molar-refractivity contribution in [1.82, 2.24) is 4.90 Å². The first-order valence-corrected chi connectivity index (χ1v) is 5.87. The van der Waals surface area contributed by atoms with E-state index in [9.17, 15) is 9.18 Å². The smallest absolute Gasteiger partial charge is 0.255 e. The molecule has 1 aromatic rings. The molecule has 1 amide bonds. The van der Waals surface area contributed by atoms with E-state index in [1.807, 2.05) is 0 Å². The Morgan fingerprint density at radius 2 is 2.24 bits per heavy atom. The molecule has 1 aromatic carbocycles. The third-order valence-electron chi connectivity index (χ3n) is 2.32. The molecule has 0 aromatic heterocycles. The van der Waals surface area contributed by atoms with E-state index in [-0.39, 0.29) is 28.2 Å². The summed E-state index contributed by atoms with van der Waals surface area (Å²) in [6, 6.07) is 2.47. The van der Waals surface area contributed by atoms with Gasteiger partial charge in [0.25, 0.3) is 5.91 Å². The topological polar surface area (TPSA) is 66.6 Å². The third-order valence-corrected chi connectivity index (χ3v) is 2.93. The van der Waals surface area contributed by atoms with Gasteiger partial charge in [-0.25, -0.2) is 4.39 Å². The second-order valence-corrected chi connectivity index (χ2v) is 4.51. The maximum atomic E-state index is 13.3. The van der Waals surface area contributed by atoms with E-state index >= 15 is 0 Å². The molecule has 0 heterocycles. The molecule has 0 atom stereocenters. The largest absolute Gasteiger partial charge is 0.398 e. The van der Waals surface area contributed by atoms with Crippen LogP contribution in [0.3, 0.4) is 0 Å². The molecule has 1 rings (SSSR count). The van der Waals surface area contributed by atoms with Crippen molar-refractivity contribution in [3.05, 3.63) is 28.0 Å². The molecule has 0 saturated carbocycles. The number of aliphatic hydroxyl groups is 1. The van der Waals surface area contributed by atoms with Crippen molar-refractivity contribution in [2.24, 2.45) is 0 Å². The Hall–Kier alpha value is -1.14. The summed E-state index contributed by atoms with van der Waals surface area (Å²) in [5, 5.41) is 8.67. The number of aliphatic hydroxyl groups excluding tert-OH is 1. The highest BCUT2D eigenvalue weighted by Crippen LogP contribution is 2.23. The number of anilines is 1. The summed E-state index contributed by atoms with van der Waals surface area (Å²) < 4.78 is 13.5. The van der Waals surface area contributed by atoms with Crippen molar-refractivity contribution in [1.29, 1.82) is 0 Å². The Bertz CT molecular complexity index is 426. The normalized spacial score (nSPS) is 10.4. The van der Waals surface area contributed by atoms with Gasteiger partial charge in [0.05, 0.1) is 10.0 Å². The van der Waals surface area contributed by atoms with E-state index < -0.39 is 5.82 Å². The number of halogens is 2. The van der Waals surface area contributed by atoms with E-state index in [1.165, 1.54) is 11.0 Å². The van der Waals surface area contributed by atoms with Crippen LogP contribution >= 0.6 is 15.9 Å². The summed E-state index contributed by atoms with van der Waals surface area (Å²) in [5.41, 5.74) is 6.02. The standard InChI is InChI=1S/C11H14BrFN2O2/c1-15(3-2-4-16)11(17)7-5-9(13)8(12)6-10(7)14/h5-6,16H,2-4,14H2,1H3. The molecular formula is C11H14BrFN2O2. The van der Waals surface area contributed by atoms with Crippen molar-refractivity contribution in [2.45, 2.75) is 6.42 Å². The molecule has 0 unspecified atom stereocenters. The number of carbonyl (C=O) groups excluding carboxylic acids is 1. The zero-order valence-corrected chi connectivity index (χ0v) is 11.0. The van der Waals surface area contributed by atoms with Crippen molar-refractivity contribution in [2.75, 3.05) is 25.9 Å². The molecule has 4 nitrogen and oxygen atoms in total. The number of nitrogens with zero attached hydrogens (tertiary/aromatic N) is 1. The summed E-state index contributed by atoms with van der Waals surface area (Å²) in [4.78, 5) is 13.3. The Morgan fingerprint density at radius 1 is 1.59 bits per heavy atom. The predicted molar refractivity (Wildman–Crippen MR) is 67.2 cm³/mol. The van der Waals surface area contributed by atoms with Crippen LogP contribution in [0.25, 0.3) is 0 Å². The highest BCUT2D eigenvalue weighted by molar-refractivity contribution is 9.10. The van der Waals surface area contributed by atoms with Crippen LogP contribution in [0.2, 0.25) is 0 Å². The molecule has 0 fully saturated rings. The number of amides is 1. The second kappa shape index (κ2) is 5.97. The second-order valence-electron chi connectivity index (χ2n) is 3.66. The minimum atomic E-state index is -0.530. The minimum absolute atomic E-state index is 0.00179. The molecule has 0 bridgehead atoms. The molecule has 0 aliphatic rings. The van der Waals surface area contributed by atoms with Crippen LogP contribution < -0.4 is 5.73 Å². The maximum Gasteiger partial charge on any atom is 0.255 e. The van der Waals surface area contributed by atoms with E-state index in [0.29, 0.717) is 13.0 Å². The zero-order chi connectivity index (χ0) is 13.0. The number of nitrogen functional groups attached to an aromatic ring is 1. The SMILES string of the molecule is CN(CCCO)C(=O)c1cc(F)c(Br)cc1N. The van der Waals surface area contributed by atoms with Crippen LogP contribution in [0, 0.1) is 5.82 Å². The number of hydrogen-bond donors (Lipinski definition) is 2. The Balaban J connectivity index is 2.92. The number of rotatable bonds is 4. The van der Waals surface area contributed by atoms with Crippen LogP contribution in [0.4, 0.5) is 10.1 Å². The van der Waals surface area contributed by atoms with Gasteiger partial charge in [0, 0.05) is 25.9 Å². The fourth-order valence-electron chi connectivity index (χ4n) is 1.36. The van der Waals surface area contributed by atoms with Crippen LogP contribution in [-0.2, 0) is 0 Å². The van der Waals surface area contributed by atoms with Crippen molar-refractivity contribution in [3.8, 4) is 0 Å². The summed E-state index contributed by atoms with van der Waals surface area (Å²) in [7, 11) is 1.58. The average Bonchev–Trinajstić information content (AvgIpc) is 2.29. The Kier molecular flexibility index (Phi) is 4.89. The summed E-state index contributed by atoms with van der Waals surface area (Å²) in [6.45, 7) is 0.397. The van der Waals surface area contributed by atoms with Gasteiger partial charge in [0.1, 0.15) is 5.82 Å². The van der Waals surface area contributed by atoms with Gasteiger partial charge in [0.2, 0.25) is 0 Å².